The first-order chi connectivity index (χ1) is 17.4. The highest BCUT2D eigenvalue weighted by Gasteiger charge is 2.17. The molecule has 36 heavy (non-hydrogen) atoms. The van der Waals surface area contributed by atoms with E-state index in [1.165, 1.54) is 54.7 Å². The van der Waals surface area contributed by atoms with Gasteiger partial charge in [-0.1, -0.05) is 30.3 Å². The second-order valence-electron chi connectivity index (χ2n) is 7.79. The highest BCUT2D eigenvalue weighted by atomic mass is 19.1. The van der Waals surface area contributed by atoms with Crippen molar-refractivity contribution in [3.05, 3.63) is 106 Å². The molecule has 9 heteroatoms. The number of nitrogens with one attached hydrogen (secondary N) is 1. The lowest BCUT2D eigenvalue weighted by molar-refractivity contribution is -0.120. The number of hydrogen-bond donors (Lipinski definition) is 2. The second kappa shape index (κ2) is 10.6. The van der Waals surface area contributed by atoms with Crippen LogP contribution in [0.15, 0.2) is 82.7 Å². The Morgan fingerprint density at radius 2 is 1.69 bits per heavy atom. The topological polar surface area (TPSA) is 110 Å². The molecule has 1 aromatic heterocycles. The van der Waals surface area contributed by atoms with Gasteiger partial charge in [-0.2, -0.15) is 5.10 Å². The third kappa shape index (κ3) is 5.15. The summed E-state index contributed by atoms with van der Waals surface area (Å²) in [5.74, 6) is -1.72. The van der Waals surface area contributed by atoms with E-state index in [1.807, 2.05) is 0 Å². The number of ether oxygens (including phenoxy) is 1. The van der Waals surface area contributed by atoms with Gasteiger partial charge in [0.15, 0.2) is 0 Å². The van der Waals surface area contributed by atoms with Crippen LogP contribution in [0.4, 0.5) is 4.39 Å². The Bertz CT molecular complexity index is 1510. The summed E-state index contributed by atoms with van der Waals surface area (Å²) in [6.45, 7) is 1.93. The fourth-order valence-corrected chi connectivity index (χ4v) is 3.69. The van der Waals surface area contributed by atoms with Gasteiger partial charge >= 0.3 is 5.97 Å². The van der Waals surface area contributed by atoms with Crippen molar-refractivity contribution in [3.8, 4) is 11.6 Å². The van der Waals surface area contributed by atoms with E-state index in [4.69, 9.17) is 4.74 Å². The minimum atomic E-state index is -0.497. The molecule has 0 bridgehead atoms. The van der Waals surface area contributed by atoms with Crippen molar-refractivity contribution < 1.29 is 23.8 Å². The van der Waals surface area contributed by atoms with E-state index < -0.39 is 23.3 Å². The van der Waals surface area contributed by atoms with Crippen molar-refractivity contribution in [1.82, 2.24) is 9.99 Å². The molecule has 0 aliphatic rings. The number of halogens is 1. The Balaban J connectivity index is 1.67. The molecule has 4 aromatic rings. The number of carbonyl (C=O) groups is 2. The molecule has 2 N–H and O–H groups in total. The molecule has 8 nitrogen and oxygen atoms in total. The minimum Gasteiger partial charge on any atom is -0.494 e. The Kier molecular flexibility index (Phi) is 7.20. The maximum absolute atomic E-state index is 13.2. The number of hydrazone groups is 1. The predicted octanol–water partition coefficient (Wildman–Crippen LogP) is 3.70. The van der Waals surface area contributed by atoms with E-state index in [-0.39, 0.29) is 24.5 Å². The predicted molar refractivity (Wildman–Crippen MR) is 133 cm³/mol. The normalized spacial score (nSPS) is 11.1. The first kappa shape index (κ1) is 24.3. The minimum absolute atomic E-state index is 0.0172. The average molecular weight is 487 g/mol. The van der Waals surface area contributed by atoms with Crippen LogP contribution in [0, 0.1) is 5.82 Å². The smallest absolute Gasteiger partial charge is 0.338 e. The van der Waals surface area contributed by atoms with Gasteiger partial charge in [0.25, 0.3) is 5.56 Å². The molecule has 0 saturated carbocycles. The SMILES string of the molecule is CCOC(=O)c1ccc(-n2c(O)c(/C=N/NC(=O)Cc3ccc(F)cc3)c3ccccc3c2=O)cc1. The van der Waals surface area contributed by atoms with E-state index in [1.54, 1.807) is 31.2 Å². The van der Waals surface area contributed by atoms with Crippen LogP contribution in [0.3, 0.4) is 0 Å². The van der Waals surface area contributed by atoms with Crippen molar-refractivity contribution in [2.75, 3.05) is 6.61 Å². The molecule has 1 amide bonds. The number of amides is 1. The Labute approximate surface area is 205 Å². The van der Waals surface area contributed by atoms with Gasteiger partial charge in [0.05, 0.1) is 36.1 Å². The molecule has 4 rings (SSSR count). The maximum Gasteiger partial charge on any atom is 0.338 e. The standard InChI is InChI=1S/C27H22FN3O5/c1-2-36-27(35)18-9-13-20(14-10-18)31-25(33)22-6-4-3-5-21(22)23(26(31)34)16-29-30-24(32)15-17-7-11-19(28)12-8-17/h3-14,16,34H,2,15H2,1H3,(H,30,32)/b29-16+. The second-order valence-corrected chi connectivity index (χ2v) is 7.79. The summed E-state index contributed by atoms with van der Waals surface area (Å²) in [5, 5.41) is 15.8. The summed E-state index contributed by atoms with van der Waals surface area (Å²) in [6.07, 6.45) is 1.24. The number of aromatic hydroxyl groups is 1. The van der Waals surface area contributed by atoms with Crippen molar-refractivity contribution in [2.24, 2.45) is 5.10 Å². The fourth-order valence-electron chi connectivity index (χ4n) is 3.69. The summed E-state index contributed by atoms with van der Waals surface area (Å²) >= 11 is 0. The van der Waals surface area contributed by atoms with Crippen LogP contribution in [-0.4, -0.2) is 34.4 Å². The summed E-state index contributed by atoms with van der Waals surface area (Å²) in [4.78, 5) is 37.4. The molecule has 0 unspecified atom stereocenters. The number of rotatable bonds is 7. The molecule has 0 aliphatic heterocycles. The molecular formula is C27H22FN3O5. The number of benzene rings is 3. The summed E-state index contributed by atoms with van der Waals surface area (Å²) in [5.41, 5.74) is 3.36. The lowest BCUT2D eigenvalue weighted by Gasteiger charge is -2.14. The van der Waals surface area contributed by atoms with Gasteiger partial charge in [0.2, 0.25) is 11.8 Å². The third-order valence-electron chi connectivity index (χ3n) is 5.40. The molecule has 1 heterocycles. The van der Waals surface area contributed by atoms with Gasteiger partial charge in [-0.15, -0.1) is 0 Å². The van der Waals surface area contributed by atoms with E-state index >= 15 is 0 Å². The highest BCUT2D eigenvalue weighted by molar-refractivity contribution is 6.02. The van der Waals surface area contributed by atoms with Crippen LogP contribution in [0.2, 0.25) is 0 Å². The number of hydrogen-bond acceptors (Lipinski definition) is 6. The third-order valence-corrected chi connectivity index (χ3v) is 5.40. The zero-order chi connectivity index (χ0) is 25.7. The number of aromatic nitrogens is 1. The monoisotopic (exact) mass is 487 g/mol. The van der Waals surface area contributed by atoms with Gasteiger partial charge in [0, 0.05) is 10.8 Å². The van der Waals surface area contributed by atoms with Crippen LogP contribution in [0.5, 0.6) is 5.88 Å². The van der Waals surface area contributed by atoms with Crippen molar-refractivity contribution in [2.45, 2.75) is 13.3 Å². The van der Waals surface area contributed by atoms with Gasteiger partial charge in [-0.25, -0.2) is 19.2 Å². The quantitative estimate of drug-likeness (QED) is 0.235. The van der Waals surface area contributed by atoms with Crippen LogP contribution >= 0.6 is 0 Å². The molecular weight excluding hydrogens is 465 g/mol. The maximum atomic E-state index is 13.2. The Morgan fingerprint density at radius 1 is 1.03 bits per heavy atom. The van der Waals surface area contributed by atoms with Crippen LogP contribution < -0.4 is 11.0 Å². The molecule has 0 aliphatic carbocycles. The Morgan fingerprint density at radius 3 is 2.36 bits per heavy atom. The lowest BCUT2D eigenvalue weighted by Crippen LogP contribution is -2.22. The van der Waals surface area contributed by atoms with E-state index in [9.17, 15) is 23.9 Å². The number of pyridine rings is 1. The summed E-state index contributed by atoms with van der Waals surface area (Å²) < 4.78 is 19.1. The number of esters is 1. The number of fused-ring (bicyclic) bond motifs is 1. The van der Waals surface area contributed by atoms with Gasteiger partial charge in [0.1, 0.15) is 5.82 Å². The van der Waals surface area contributed by atoms with Crippen molar-refractivity contribution in [1.29, 1.82) is 0 Å². The molecule has 0 radical (unpaired) electrons. The fraction of sp³-hybridized carbons (Fsp3) is 0.111. The van der Waals surface area contributed by atoms with Crippen LogP contribution in [0.1, 0.15) is 28.4 Å². The zero-order valence-corrected chi connectivity index (χ0v) is 19.3. The largest absolute Gasteiger partial charge is 0.494 e. The van der Waals surface area contributed by atoms with E-state index in [2.05, 4.69) is 10.5 Å². The molecule has 0 saturated heterocycles. The Hall–Kier alpha value is -4.79. The van der Waals surface area contributed by atoms with Gasteiger partial charge in [-0.3, -0.25) is 9.59 Å². The van der Waals surface area contributed by atoms with Crippen LogP contribution in [-0.2, 0) is 16.0 Å². The van der Waals surface area contributed by atoms with Crippen molar-refractivity contribution in [3.63, 3.8) is 0 Å². The first-order valence-electron chi connectivity index (χ1n) is 11.1. The zero-order valence-electron chi connectivity index (χ0n) is 19.3. The number of nitrogens with zero attached hydrogens (tertiary/aromatic N) is 2. The molecule has 0 spiro atoms. The number of carbonyl (C=O) groups excluding carboxylic acids is 2. The van der Waals surface area contributed by atoms with Gasteiger partial charge < -0.3 is 9.84 Å². The first-order valence-corrected chi connectivity index (χ1v) is 11.1. The molecule has 0 fully saturated rings. The van der Waals surface area contributed by atoms with Gasteiger partial charge in [-0.05, 0) is 55.0 Å². The molecule has 3 aromatic carbocycles. The lowest BCUT2D eigenvalue weighted by atomic mass is 10.1. The summed E-state index contributed by atoms with van der Waals surface area (Å²) in [6, 6.07) is 18.2. The highest BCUT2D eigenvalue weighted by Crippen LogP contribution is 2.26. The van der Waals surface area contributed by atoms with E-state index in [0.717, 1.165) is 4.57 Å². The van der Waals surface area contributed by atoms with E-state index in [0.29, 0.717) is 27.6 Å². The molecule has 182 valence electrons. The van der Waals surface area contributed by atoms with Crippen molar-refractivity contribution >= 4 is 28.9 Å². The summed E-state index contributed by atoms with van der Waals surface area (Å²) in [7, 11) is 0. The average Bonchev–Trinajstić information content (AvgIpc) is 2.88. The van der Waals surface area contributed by atoms with Crippen LogP contribution in [0.25, 0.3) is 16.5 Å². The molecule has 0 atom stereocenters.